The monoisotopic (exact) mass is 572 g/mol. The summed E-state index contributed by atoms with van der Waals surface area (Å²) in [5, 5.41) is 6.47. The highest BCUT2D eigenvalue weighted by Gasteiger charge is 2.36. The van der Waals surface area contributed by atoms with Crippen molar-refractivity contribution in [2.75, 3.05) is 39.4 Å². The quantitative estimate of drug-likeness (QED) is 0.314. The van der Waals surface area contributed by atoms with Crippen molar-refractivity contribution in [1.29, 1.82) is 0 Å². The Balaban J connectivity index is 0.00000385. The predicted molar refractivity (Wildman–Crippen MR) is 144 cm³/mol. The summed E-state index contributed by atoms with van der Waals surface area (Å²) in [7, 11) is 0. The molecule has 1 atom stereocenters. The number of nitrogens with zero attached hydrogens (tertiary/aromatic N) is 2. The van der Waals surface area contributed by atoms with Crippen LogP contribution in [0.4, 0.5) is 4.79 Å². The van der Waals surface area contributed by atoms with Crippen molar-refractivity contribution in [3.63, 3.8) is 0 Å². The van der Waals surface area contributed by atoms with E-state index in [0.29, 0.717) is 0 Å². The summed E-state index contributed by atoms with van der Waals surface area (Å²) in [6, 6.07) is 8.72. The normalized spacial score (nSPS) is 20.7. The van der Waals surface area contributed by atoms with Gasteiger partial charge in [-0.1, -0.05) is 24.3 Å². The summed E-state index contributed by atoms with van der Waals surface area (Å²) < 4.78 is 11.1. The third kappa shape index (κ3) is 7.73. The van der Waals surface area contributed by atoms with Gasteiger partial charge in [0.15, 0.2) is 5.96 Å². The number of aryl methyl sites for hydroxylation is 1. The van der Waals surface area contributed by atoms with Gasteiger partial charge in [-0.2, -0.15) is 0 Å². The Kier molecular flexibility index (Phi) is 10.3. The number of aliphatic imine (C=N–C) groups is 1. The molecule has 186 valence electrons. The van der Waals surface area contributed by atoms with E-state index in [1.807, 2.05) is 20.8 Å². The molecule has 0 spiro atoms. The van der Waals surface area contributed by atoms with Crippen molar-refractivity contribution in [1.82, 2.24) is 15.5 Å². The smallest absolute Gasteiger partial charge is 0.407 e. The van der Waals surface area contributed by atoms with E-state index < -0.39 is 5.60 Å². The molecular weight excluding hydrogens is 531 g/mol. The second kappa shape index (κ2) is 12.2. The van der Waals surface area contributed by atoms with Gasteiger partial charge in [0.25, 0.3) is 0 Å². The molecule has 1 unspecified atom stereocenters. The van der Waals surface area contributed by atoms with Crippen molar-refractivity contribution in [3.05, 3.63) is 35.4 Å². The SMILES string of the molecule is CCNC(=NCC1(c2ccccc2C)CCOCC1)N1CCC(NC(=O)OC(C)(C)C)C1.I. The molecule has 1 aromatic carbocycles. The maximum absolute atomic E-state index is 12.2. The van der Waals surface area contributed by atoms with E-state index in [2.05, 4.69) is 53.6 Å². The van der Waals surface area contributed by atoms with Crippen molar-refractivity contribution in [3.8, 4) is 0 Å². The third-order valence-corrected chi connectivity index (χ3v) is 6.24. The fraction of sp³-hybridized carbons (Fsp3) is 0.680. The molecule has 2 N–H and O–H groups in total. The molecule has 0 aliphatic carbocycles. The van der Waals surface area contributed by atoms with Crippen LogP contribution in [0.1, 0.15) is 58.1 Å². The van der Waals surface area contributed by atoms with Crippen LogP contribution in [0.5, 0.6) is 0 Å². The number of rotatable bonds is 5. The van der Waals surface area contributed by atoms with Gasteiger partial charge < -0.3 is 25.0 Å². The summed E-state index contributed by atoms with van der Waals surface area (Å²) in [6.07, 6.45) is 2.47. The van der Waals surface area contributed by atoms with Crippen LogP contribution in [0.2, 0.25) is 0 Å². The Labute approximate surface area is 216 Å². The Hall–Kier alpha value is -1.55. The Morgan fingerprint density at radius 3 is 2.61 bits per heavy atom. The number of amides is 1. The molecule has 2 aliphatic heterocycles. The fourth-order valence-electron chi connectivity index (χ4n) is 4.64. The number of hydrogen-bond acceptors (Lipinski definition) is 4. The van der Waals surface area contributed by atoms with Crippen LogP contribution in [-0.2, 0) is 14.9 Å². The molecule has 8 heteroatoms. The fourth-order valence-corrected chi connectivity index (χ4v) is 4.64. The van der Waals surface area contributed by atoms with E-state index >= 15 is 0 Å². The molecule has 0 aromatic heterocycles. The summed E-state index contributed by atoms with van der Waals surface area (Å²) in [5.41, 5.74) is 2.20. The second-order valence-electron chi connectivity index (χ2n) is 9.96. The van der Waals surface area contributed by atoms with Crippen LogP contribution >= 0.6 is 24.0 Å². The van der Waals surface area contributed by atoms with E-state index in [-0.39, 0.29) is 41.5 Å². The average Bonchev–Trinajstić information content (AvgIpc) is 3.18. The number of hydrogen-bond donors (Lipinski definition) is 2. The van der Waals surface area contributed by atoms with Crippen LogP contribution in [0.25, 0.3) is 0 Å². The van der Waals surface area contributed by atoms with Gasteiger partial charge in [-0.25, -0.2) is 4.79 Å². The van der Waals surface area contributed by atoms with Crippen LogP contribution in [-0.4, -0.2) is 68.0 Å². The van der Waals surface area contributed by atoms with Crippen LogP contribution in [0, 0.1) is 6.92 Å². The molecule has 7 nitrogen and oxygen atoms in total. The number of ether oxygens (including phenoxy) is 2. The summed E-state index contributed by atoms with van der Waals surface area (Å²) >= 11 is 0. The molecule has 2 fully saturated rings. The molecule has 2 saturated heterocycles. The summed E-state index contributed by atoms with van der Waals surface area (Å²) in [6.45, 7) is 14.6. The molecule has 1 amide bonds. The highest BCUT2D eigenvalue weighted by Crippen LogP contribution is 2.37. The zero-order valence-corrected chi connectivity index (χ0v) is 23.1. The first-order chi connectivity index (χ1) is 15.2. The molecule has 2 heterocycles. The molecule has 33 heavy (non-hydrogen) atoms. The number of carbonyl (C=O) groups excluding carboxylic acids is 1. The lowest BCUT2D eigenvalue weighted by molar-refractivity contribution is 0.0507. The highest BCUT2D eigenvalue weighted by molar-refractivity contribution is 14.0. The van der Waals surface area contributed by atoms with E-state index in [1.165, 1.54) is 11.1 Å². The maximum Gasteiger partial charge on any atom is 0.407 e. The zero-order valence-electron chi connectivity index (χ0n) is 20.8. The van der Waals surface area contributed by atoms with E-state index in [4.69, 9.17) is 14.5 Å². The highest BCUT2D eigenvalue weighted by atomic mass is 127. The van der Waals surface area contributed by atoms with Crippen LogP contribution in [0.15, 0.2) is 29.3 Å². The first-order valence-corrected chi connectivity index (χ1v) is 11.9. The third-order valence-electron chi connectivity index (χ3n) is 6.24. The number of halogens is 1. The molecule has 0 saturated carbocycles. The van der Waals surface area contributed by atoms with E-state index in [9.17, 15) is 4.79 Å². The number of carbonyl (C=O) groups is 1. The zero-order chi connectivity index (χ0) is 23.2. The van der Waals surface area contributed by atoms with Gasteiger partial charge in [0.2, 0.25) is 0 Å². The largest absolute Gasteiger partial charge is 0.444 e. The van der Waals surface area contributed by atoms with Crippen molar-refractivity contribution in [2.24, 2.45) is 4.99 Å². The second-order valence-corrected chi connectivity index (χ2v) is 9.96. The Bertz CT molecular complexity index is 803. The number of benzene rings is 1. The maximum atomic E-state index is 12.2. The molecule has 0 radical (unpaired) electrons. The summed E-state index contributed by atoms with van der Waals surface area (Å²) in [5.74, 6) is 0.917. The Morgan fingerprint density at radius 1 is 1.27 bits per heavy atom. The van der Waals surface area contributed by atoms with Gasteiger partial charge in [0, 0.05) is 38.3 Å². The minimum Gasteiger partial charge on any atom is -0.444 e. The standard InChI is InChI=1S/C25H40N4O3.HI/c1-6-26-22(29-14-11-20(17-29)28-23(30)32-24(3,4)5)27-18-25(12-15-31-16-13-25)21-10-8-7-9-19(21)2;/h7-10,20H,6,11-18H2,1-5H3,(H,26,27)(H,28,30);1H. The van der Waals surface area contributed by atoms with Gasteiger partial charge >= 0.3 is 6.09 Å². The molecule has 1 aromatic rings. The first-order valence-electron chi connectivity index (χ1n) is 11.9. The number of guanidine groups is 1. The Morgan fingerprint density at radius 2 is 1.97 bits per heavy atom. The van der Waals surface area contributed by atoms with Gasteiger partial charge in [-0.3, -0.25) is 4.99 Å². The van der Waals surface area contributed by atoms with E-state index in [1.54, 1.807) is 0 Å². The van der Waals surface area contributed by atoms with Gasteiger partial charge in [-0.15, -0.1) is 24.0 Å². The van der Waals surface area contributed by atoms with Gasteiger partial charge in [0.05, 0.1) is 12.6 Å². The van der Waals surface area contributed by atoms with Crippen molar-refractivity contribution in [2.45, 2.75) is 70.9 Å². The number of nitrogens with one attached hydrogen (secondary N) is 2. The van der Waals surface area contributed by atoms with Crippen molar-refractivity contribution >= 4 is 36.0 Å². The molecule has 0 bridgehead atoms. The minimum atomic E-state index is -0.494. The number of alkyl carbamates (subject to hydrolysis) is 1. The molecule has 3 rings (SSSR count). The van der Waals surface area contributed by atoms with Gasteiger partial charge in [0.1, 0.15) is 5.60 Å². The molecular formula is C25H41IN4O3. The van der Waals surface area contributed by atoms with Crippen LogP contribution < -0.4 is 10.6 Å². The number of likely N-dealkylation sites (tertiary alicyclic amines) is 1. The minimum absolute atomic E-state index is 0. The average molecular weight is 573 g/mol. The topological polar surface area (TPSA) is 75.2 Å². The first kappa shape index (κ1) is 27.7. The lowest BCUT2D eigenvalue weighted by Crippen LogP contribution is -2.45. The molecule has 2 aliphatic rings. The lowest BCUT2D eigenvalue weighted by Gasteiger charge is -2.38. The van der Waals surface area contributed by atoms with Crippen molar-refractivity contribution < 1.29 is 14.3 Å². The predicted octanol–water partition coefficient (Wildman–Crippen LogP) is 4.23. The van der Waals surface area contributed by atoms with Gasteiger partial charge in [-0.05, 0) is 65.0 Å². The lowest BCUT2D eigenvalue weighted by atomic mass is 9.72. The van der Waals surface area contributed by atoms with Crippen LogP contribution in [0.3, 0.4) is 0 Å². The summed E-state index contributed by atoms with van der Waals surface area (Å²) in [4.78, 5) is 19.5. The van der Waals surface area contributed by atoms with E-state index in [0.717, 1.165) is 64.6 Å².